The van der Waals surface area contributed by atoms with Crippen LogP contribution in [0.2, 0.25) is 0 Å². The van der Waals surface area contributed by atoms with Crippen molar-refractivity contribution >= 4 is 31.9 Å². The van der Waals surface area contributed by atoms with Crippen molar-refractivity contribution in [2.24, 2.45) is 0 Å². The van der Waals surface area contributed by atoms with Crippen molar-refractivity contribution in [1.29, 1.82) is 0 Å². The van der Waals surface area contributed by atoms with Crippen LogP contribution in [-0.2, 0) is 0 Å². The molecule has 0 aliphatic heterocycles. The Bertz CT molecular complexity index is 536. The van der Waals surface area contributed by atoms with Crippen molar-refractivity contribution in [3.63, 3.8) is 0 Å². The predicted octanol–water partition coefficient (Wildman–Crippen LogP) is 5.14. The number of benzene rings is 1. The highest BCUT2D eigenvalue weighted by atomic mass is 79.9. The highest BCUT2D eigenvalue weighted by Gasteiger charge is 2.12. The summed E-state index contributed by atoms with van der Waals surface area (Å²) in [7, 11) is 0. The van der Waals surface area contributed by atoms with E-state index in [1.54, 1.807) is 0 Å². The summed E-state index contributed by atoms with van der Waals surface area (Å²) in [6.45, 7) is 5.12. The average molecular weight is 373 g/mol. The maximum absolute atomic E-state index is 5.90. The van der Waals surface area contributed by atoms with Crippen molar-refractivity contribution in [1.82, 2.24) is 5.32 Å². The van der Waals surface area contributed by atoms with Crippen LogP contribution in [0, 0.1) is 0 Å². The molecule has 1 heterocycles. The van der Waals surface area contributed by atoms with Gasteiger partial charge in [-0.3, -0.25) is 0 Å². The lowest BCUT2D eigenvalue weighted by Gasteiger charge is -2.08. The Morgan fingerprint density at radius 3 is 2.67 bits per heavy atom. The van der Waals surface area contributed by atoms with E-state index in [9.17, 15) is 0 Å². The lowest BCUT2D eigenvalue weighted by molar-refractivity contribution is 0.445. The van der Waals surface area contributed by atoms with E-state index in [-0.39, 0.29) is 6.04 Å². The highest BCUT2D eigenvalue weighted by Crippen LogP contribution is 2.32. The molecule has 18 heavy (non-hydrogen) atoms. The van der Waals surface area contributed by atoms with Crippen molar-refractivity contribution in [2.75, 3.05) is 6.54 Å². The van der Waals surface area contributed by atoms with E-state index in [0.29, 0.717) is 0 Å². The summed E-state index contributed by atoms with van der Waals surface area (Å²) < 4.78 is 7.97. The van der Waals surface area contributed by atoms with Gasteiger partial charge in [-0.2, -0.15) is 0 Å². The van der Waals surface area contributed by atoms with Gasteiger partial charge in [0, 0.05) is 14.5 Å². The summed E-state index contributed by atoms with van der Waals surface area (Å²) in [5.41, 5.74) is 1.06. The van der Waals surface area contributed by atoms with Gasteiger partial charge in [0.05, 0.1) is 6.04 Å². The summed E-state index contributed by atoms with van der Waals surface area (Å²) in [6, 6.07) is 10.3. The van der Waals surface area contributed by atoms with Crippen molar-refractivity contribution in [3.05, 3.63) is 45.0 Å². The Hall–Kier alpha value is -0.580. The Labute approximate surface area is 124 Å². The molecule has 1 aromatic heterocycles. The molecule has 0 spiro atoms. The molecule has 1 atom stereocenters. The molecule has 4 heteroatoms. The molecular formula is C14H15Br2NO. The highest BCUT2D eigenvalue weighted by molar-refractivity contribution is 9.11. The fourth-order valence-electron chi connectivity index (χ4n) is 1.83. The van der Waals surface area contributed by atoms with E-state index in [2.05, 4.69) is 51.0 Å². The summed E-state index contributed by atoms with van der Waals surface area (Å²) in [4.78, 5) is 0. The van der Waals surface area contributed by atoms with E-state index >= 15 is 0 Å². The fourth-order valence-corrected chi connectivity index (χ4v) is 3.07. The minimum atomic E-state index is 0.234. The molecule has 0 radical (unpaired) electrons. The van der Waals surface area contributed by atoms with Gasteiger partial charge in [0.2, 0.25) is 0 Å². The number of halogens is 2. The zero-order valence-electron chi connectivity index (χ0n) is 10.3. The molecule has 0 saturated carbocycles. The Morgan fingerprint density at radius 2 is 2.00 bits per heavy atom. The zero-order chi connectivity index (χ0) is 13.1. The van der Waals surface area contributed by atoms with Gasteiger partial charge in [0.25, 0.3) is 0 Å². The van der Waals surface area contributed by atoms with E-state index in [0.717, 1.165) is 32.6 Å². The van der Waals surface area contributed by atoms with Crippen molar-refractivity contribution in [2.45, 2.75) is 19.9 Å². The van der Waals surface area contributed by atoms with E-state index in [4.69, 9.17) is 4.42 Å². The first-order valence-corrected chi connectivity index (χ1v) is 7.49. The monoisotopic (exact) mass is 371 g/mol. The second-order valence-electron chi connectivity index (χ2n) is 4.11. The van der Waals surface area contributed by atoms with Gasteiger partial charge in [-0.25, -0.2) is 0 Å². The maximum atomic E-state index is 5.90. The molecule has 1 aromatic carbocycles. The first-order valence-electron chi connectivity index (χ1n) is 5.90. The van der Waals surface area contributed by atoms with Gasteiger partial charge >= 0.3 is 0 Å². The standard InChI is InChI=1S/C14H15Br2NO/c1-3-17-9(2)13-6-7-14(18-13)11-5-4-10(15)8-12(11)16/h4-9,17H,3H2,1-2H3. The molecule has 96 valence electrons. The molecule has 2 rings (SSSR count). The van der Waals surface area contributed by atoms with E-state index in [1.165, 1.54) is 0 Å². The van der Waals surface area contributed by atoms with Crippen LogP contribution in [0.15, 0.2) is 43.7 Å². The number of hydrogen-bond donors (Lipinski definition) is 1. The van der Waals surface area contributed by atoms with Crippen molar-refractivity contribution in [3.8, 4) is 11.3 Å². The molecule has 2 aromatic rings. The van der Waals surface area contributed by atoms with Gasteiger partial charge in [-0.05, 0) is 59.7 Å². The van der Waals surface area contributed by atoms with Gasteiger partial charge in [0.1, 0.15) is 11.5 Å². The van der Waals surface area contributed by atoms with Crippen LogP contribution >= 0.6 is 31.9 Å². The third kappa shape index (κ3) is 3.05. The fraction of sp³-hybridized carbons (Fsp3) is 0.286. The minimum Gasteiger partial charge on any atom is -0.459 e. The van der Waals surface area contributed by atoms with E-state index in [1.807, 2.05) is 30.3 Å². The molecule has 0 aliphatic carbocycles. The van der Waals surface area contributed by atoms with Gasteiger partial charge in [-0.1, -0.05) is 22.9 Å². The molecule has 0 bridgehead atoms. The summed E-state index contributed by atoms with van der Waals surface area (Å²) in [6.07, 6.45) is 0. The second-order valence-corrected chi connectivity index (χ2v) is 5.88. The first kappa shape index (κ1) is 13.8. The summed E-state index contributed by atoms with van der Waals surface area (Å²) >= 11 is 7.00. The van der Waals surface area contributed by atoms with Crippen LogP contribution in [0.25, 0.3) is 11.3 Å². The third-order valence-electron chi connectivity index (χ3n) is 2.76. The Kier molecular flexibility index (Phi) is 4.65. The SMILES string of the molecule is CCNC(C)c1ccc(-c2ccc(Br)cc2Br)o1. The maximum Gasteiger partial charge on any atom is 0.135 e. The minimum absolute atomic E-state index is 0.234. The van der Waals surface area contributed by atoms with Crippen LogP contribution in [0.4, 0.5) is 0 Å². The quantitative estimate of drug-likeness (QED) is 0.803. The topological polar surface area (TPSA) is 25.2 Å². The van der Waals surface area contributed by atoms with E-state index < -0.39 is 0 Å². The van der Waals surface area contributed by atoms with Crippen LogP contribution in [-0.4, -0.2) is 6.54 Å². The predicted molar refractivity (Wildman–Crippen MR) is 81.6 cm³/mol. The number of furan rings is 1. The number of nitrogens with one attached hydrogen (secondary N) is 1. The third-order valence-corrected chi connectivity index (χ3v) is 3.91. The van der Waals surface area contributed by atoms with Crippen LogP contribution in [0.1, 0.15) is 25.6 Å². The van der Waals surface area contributed by atoms with Crippen molar-refractivity contribution < 1.29 is 4.42 Å². The lowest BCUT2D eigenvalue weighted by Crippen LogP contribution is -2.16. The molecule has 0 aliphatic rings. The van der Waals surface area contributed by atoms with Gasteiger partial charge in [0.15, 0.2) is 0 Å². The van der Waals surface area contributed by atoms with Gasteiger partial charge in [-0.15, -0.1) is 0 Å². The lowest BCUT2D eigenvalue weighted by atomic mass is 10.2. The Morgan fingerprint density at radius 1 is 1.22 bits per heavy atom. The second kappa shape index (κ2) is 6.04. The average Bonchev–Trinajstić information content (AvgIpc) is 2.78. The molecule has 0 saturated heterocycles. The smallest absolute Gasteiger partial charge is 0.135 e. The largest absolute Gasteiger partial charge is 0.459 e. The zero-order valence-corrected chi connectivity index (χ0v) is 13.5. The number of hydrogen-bond acceptors (Lipinski definition) is 2. The normalized spacial score (nSPS) is 12.7. The molecule has 2 nitrogen and oxygen atoms in total. The van der Waals surface area contributed by atoms with Crippen LogP contribution in [0.3, 0.4) is 0 Å². The summed E-state index contributed by atoms with van der Waals surface area (Å²) in [5, 5.41) is 3.34. The summed E-state index contributed by atoms with van der Waals surface area (Å²) in [5.74, 6) is 1.84. The van der Waals surface area contributed by atoms with Gasteiger partial charge < -0.3 is 9.73 Å². The molecule has 1 unspecified atom stereocenters. The number of rotatable bonds is 4. The molecule has 0 fully saturated rings. The first-order chi connectivity index (χ1) is 8.61. The van der Waals surface area contributed by atoms with Crippen LogP contribution in [0.5, 0.6) is 0 Å². The van der Waals surface area contributed by atoms with Crippen LogP contribution < -0.4 is 5.32 Å². The molecule has 0 amide bonds. The molecule has 1 N–H and O–H groups in total. The Balaban J connectivity index is 2.29. The molecular weight excluding hydrogens is 358 g/mol.